The van der Waals surface area contributed by atoms with Crippen LogP contribution in [0.1, 0.15) is 171 Å². The average molecular weight is 909 g/mol. The first-order valence-corrected chi connectivity index (χ1v) is 23.9. The quantitative estimate of drug-likeness (QED) is 0.199. The number of ether oxygens (including phenoxy) is 6. The van der Waals surface area contributed by atoms with E-state index in [-0.39, 0.29) is 48.8 Å². The van der Waals surface area contributed by atoms with Crippen LogP contribution in [-0.2, 0) is 61.7 Å². The van der Waals surface area contributed by atoms with Crippen LogP contribution in [-0.4, -0.2) is 74.4 Å². The van der Waals surface area contributed by atoms with E-state index in [0.29, 0.717) is 50.8 Å². The Bertz CT molecular complexity index is 1800. The average Bonchev–Trinajstić information content (AvgIpc) is 3.14. The third-order valence-corrected chi connectivity index (χ3v) is 14.8. The number of phenols is 2. The molecular weight excluding hydrogens is 821 g/mol. The summed E-state index contributed by atoms with van der Waals surface area (Å²) in [5.74, 6) is 0.00362. The third-order valence-electron chi connectivity index (χ3n) is 14.8. The molecule has 65 heavy (non-hydrogen) atoms. The van der Waals surface area contributed by atoms with Crippen LogP contribution < -0.4 is 0 Å². The lowest BCUT2D eigenvalue weighted by molar-refractivity contribution is -0.372. The second kappa shape index (κ2) is 19.1. The Morgan fingerprint density at radius 3 is 1.05 bits per heavy atom. The molecule has 0 saturated carbocycles. The molecule has 0 radical (unpaired) electrons. The number of phenolic OH excluding ortho intramolecular Hbond substituents is 2. The van der Waals surface area contributed by atoms with E-state index in [2.05, 4.69) is 125 Å². The monoisotopic (exact) mass is 909 g/mol. The second-order valence-electron chi connectivity index (χ2n) is 25.8. The lowest BCUT2D eigenvalue weighted by Gasteiger charge is -2.60. The van der Waals surface area contributed by atoms with Crippen molar-refractivity contribution in [3.8, 4) is 11.5 Å². The largest absolute Gasteiger partial charge is 0.507 e. The molecule has 0 atom stereocenters. The molecule has 2 aliphatic rings. The molecule has 2 aromatic rings. The van der Waals surface area contributed by atoms with Crippen molar-refractivity contribution in [3.63, 3.8) is 0 Å². The first kappa shape index (κ1) is 54.4. The highest BCUT2D eigenvalue weighted by molar-refractivity contribution is 5.70. The van der Waals surface area contributed by atoms with Gasteiger partial charge in [0.2, 0.25) is 0 Å². The van der Waals surface area contributed by atoms with Crippen molar-refractivity contribution in [1.82, 2.24) is 0 Å². The zero-order valence-corrected chi connectivity index (χ0v) is 44.2. The highest BCUT2D eigenvalue weighted by Gasteiger charge is 2.63. The third kappa shape index (κ3) is 11.6. The van der Waals surface area contributed by atoms with Crippen molar-refractivity contribution >= 4 is 11.9 Å². The van der Waals surface area contributed by atoms with Crippen molar-refractivity contribution in [2.45, 2.75) is 188 Å². The molecule has 2 aliphatic heterocycles. The van der Waals surface area contributed by atoms with E-state index < -0.39 is 50.5 Å². The minimum Gasteiger partial charge on any atom is -0.507 e. The number of benzene rings is 2. The normalized spacial score (nSPS) is 20.8. The van der Waals surface area contributed by atoms with Gasteiger partial charge in [-0.1, -0.05) is 149 Å². The first-order chi connectivity index (χ1) is 29.4. The Hall–Kier alpha value is -3.18. The summed E-state index contributed by atoms with van der Waals surface area (Å²) in [5.41, 5.74) is 1.12. The Balaban J connectivity index is 1.46. The molecule has 0 bridgehead atoms. The Kier molecular flexibility index (Phi) is 16.0. The zero-order chi connectivity index (χ0) is 49.6. The number of aryl methyl sites for hydroxylation is 4. The van der Waals surface area contributed by atoms with Gasteiger partial charge >= 0.3 is 11.9 Å². The maximum absolute atomic E-state index is 13.5. The molecule has 0 amide bonds. The van der Waals surface area contributed by atoms with Crippen LogP contribution in [0.25, 0.3) is 0 Å². The van der Waals surface area contributed by atoms with Gasteiger partial charge in [0.25, 0.3) is 0 Å². The van der Waals surface area contributed by atoms with Gasteiger partial charge < -0.3 is 38.6 Å². The van der Waals surface area contributed by atoms with Crippen molar-refractivity contribution in [2.24, 2.45) is 37.9 Å². The van der Waals surface area contributed by atoms with Crippen molar-refractivity contribution in [2.75, 3.05) is 39.6 Å². The van der Waals surface area contributed by atoms with Crippen molar-refractivity contribution in [1.29, 1.82) is 0 Å². The number of hydrogen-bond acceptors (Lipinski definition) is 10. The highest BCUT2D eigenvalue weighted by Crippen LogP contribution is 2.59. The van der Waals surface area contributed by atoms with Crippen LogP contribution in [0.3, 0.4) is 0 Å². The van der Waals surface area contributed by atoms with Crippen LogP contribution >= 0.6 is 0 Å². The fourth-order valence-corrected chi connectivity index (χ4v) is 10.8. The molecule has 2 heterocycles. The van der Waals surface area contributed by atoms with E-state index in [1.54, 1.807) is 0 Å². The summed E-state index contributed by atoms with van der Waals surface area (Å²) in [4.78, 5) is 27.1. The minimum atomic E-state index is -0.738. The molecule has 1 spiro atoms. The maximum Gasteiger partial charge on any atom is 0.306 e. The maximum atomic E-state index is 13.5. The molecule has 0 aromatic heterocycles. The predicted molar refractivity (Wildman–Crippen MR) is 258 cm³/mol. The Morgan fingerprint density at radius 2 is 0.800 bits per heavy atom. The summed E-state index contributed by atoms with van der Waals surface area (Å²) in [5, 5.41) is 21.5. The van der Waals surface area contributed by atoms with Gasteiger partial charge in [-0.25, -0.2) is 0 Å². The summed E-state index contributed by atoms with van der Waals surface area (Å²) in [6.07, 6.45) is 0.0290. The molecule has 10 nitrogen and oxygen atoms in total. The summed E-state index contributed by atoms with van der Waals surface area (Å²) < 4.78 is 39.5. The van der Waals surface area contributed by atoms with Crippen molar-refractivity contribution in [3.05, 3.63) is 57.6 Å². The van der Waals surface area contributed by atoms with Gasteiger partial charge in [-0.15, -0.1) is 0 Å². The molecule has 2 saturated heterocycles. The topological polar surface area (TPSA) is 130 Å². The fourth-order valence-electron chi connectivity index (χ4n) is 10.8. The Morgan fingerprint density at radius 1 is 0.523 bits per heavy atom. The Labute approximate surface area is 393 Å². The summed E-state index contributed by atoms with van der Waals surface area (Å²) >= 11 is 0. The number of carbonyl (C=O) groups is 2. The van der Waals surface area contributed by atoms with Gasteiger partial charge in [0.05, 0.1) is 42.7 Å². The first-order valence-electron chi connectivity index (χ1n) is 23.9. The molecule has 368 valence electrons. The molecule has 4 rings (SSSR count). The smallest absolute Gasteiger partial charge is 0.306 e. The second-order valence-corrected chi connectivity index (χ2v) is 25.8. The van der Waals surface area contributed by atoms with E-state index in [0.717, 1.165) is 33.4 Å². The molecule has 2 N–H and O–H groups in total. The molecular formula is C55H88O10. The van der Waals surface area contributed by atoms with E-state index in [1.807, 2.05) is 38.1 Å². The number of aromatic hydroxyl groups is 2. The number of carbonyl (C=O) groups excluding carboxylic acids is 2. The van der Waals surface area contributed by atoms with Gasteiger partial charge in [0.1, 0.15) is 24.7 Å². The van der Waals surface area contributed by atoms with E-state index in [9.17, 15) is 19.8 Å². The summed E-state index contributed by atoms with van der Waals surface area (Å²) in [6, 6.07) is 7.88. The van der Waals surface area contributed by atoms with Crippen LogP contribution in [0.5, 0.6) is 11.5 Å². The van der Waals surface area contributed by atoms with Gasteiger partial charge in [0, 0.05) is 12.8 Å². The molecule has 0 aliphatic carbocycles. The van der Waals surface area contributed by atoms with Crippen LogP contribution in [0, 0.1) is 51.8 Å². The lowest BCUT2D eigenvalue weighted by atomic mass is 9.53. The van der Waals surface area contributed by atoms with Crippen LogP contribution in [0.2, 0.25) is 0 Å². The molecule has 2 fully saturated rings. The van der Waals surface area contributed by atoms with E-state index in [4.69, 9.17) is 28.4 Å². The summed E-state index contributed by atoms with van der Waals surface area (Å²) in [6.45, 7) is 43.5. The van der Waals surface area contributed by atoms with Gasteiger partial charge in [0.15, 0.2) is 12.6 Å². The zero-order valence-electron chi connectivity index (χ0n) is 44.2. The molecule has 10 heteroatoms. The number of esters is 2. The van der Waals surface area contributed by atoms with Gasteiger partial charge in [-0.2, -0.15) is 0 Å². The minimum absolute atomic E-state index is 0.109. The predicted octanol–water partition coefficient (Wildman–Crippen LogP) is 11.9. The highest BCUT2D eigenvalue weighted by atomic mass is 16.7. The van der Waals surface area contributed by atoms with Crippen molar-refractivity contribution < 1.29 is 48.2 Å². The lowest BCUT2D eigenvalue weighted by Crippen LogP contribution is -2.65. The SMILES string of the molecule is Cc1cc(CCC(=O)OCC(C2OCC3(CO2)COC(C(COC(=O)CCc2cc(C)c(O)c(C(C)(C)C)c2)(C(C)(C)C)C(C)(C)C)OC3)(C(C)(C)C)C(C)(C)C)cc(C(C)(C)C)c1O. The van der Waals surface area contributed by atoms with E-state index >= 15 is 0 Å². The van der Waals surface area contributed by atoms with Gasteiger partial charge in [-0.05, 0) is 92.6 Å². The van der Waals surface area contributed by atoms with Crippen LogP contribution in [0.4, 0.5) is 0 Å². The fraction of sp³-hybridized carbons (Fsp3) is 0.745. The summed E-state index contributed by atoms with van der Waals surface area (Å²) in [7, 11) is 0. The molecule has 0 unspecified atom stereocenters. The number of hydrogen-bond donors (Lipinski definition) is 2. The van der Waals surface area contributed by atoms with Gasteiger partial charge in [-0.3, -0.25) is 9.59 Å². The standard InChI is InChI=1S/C55H88O10/c1-35-25-37(27-39(43(35)58)47(3,4)5)21-23-41(56)60-33-54(49(9,10)11,50(12,13)14)45-62-29-53(30-63-45)31-64-46(65-32-53)55(51(15,16)17,52(18,19)20)34-61-42(57)24-22-38-26-36(2)44(59)40(28-38)48(6,7)8/h25-28,45-46,58-59H,21-24,29-34H2,1-20H3. The van der Waals surface area contributed by atoms with Crippen LogP contribution in [0.15, 0.2) is 24.3 Å². The molecule has 2 aromatic carbocycles. The van der Waals surface area contributed by atoms with E-state index in [1.165, 1.54) is 0 Å². The number of rotatable bonds is 12.